The van der Waals surface area contributed by atoms with Gasteiger partial charge in [0.1, 0.15) is 11.5 Å². The molecule has 4 heteroatoms. The molecule has 0 saturated carbocycles. The van der Waals surface area contributed by atoms with Crippen molar-refractivity contribution in [2.45, 2.75) is 46.2 Å². The summed E-state index contributed by atoms with van der Waals surface area (Å²) in [5.41, 5.74) is 0. The largest absolute Gasteiger partial charge is 0.465 e. The highest BCUT2D eigenvalue weighted by atomic mass is 16.3. The van der Waals surface area contributed by atoms with Gasteiger partial charge in [-0.1, -0.05) is 20.8 Å². The normalized spacial score (nSPS) is 20.8. The Hall–Kier alpha value is -1.29. The van der Waals surface area contributed by atoms with Crippen LogP contribution >= 0.6 is 0 Å². The van der Waals surface area contributed by atoms with E-state index in [0.29, 0.717) is 5.92 Å². The Kier molecular flexibility index (Phi) is 4.64. The van der Waals surface area contributed by atoms with Crippen molar-refractivity contribution < 1.29 is 9.21 Å². The lowest BCUT2D eigenvalue weighted by Crippen LogP contribution is -2.56. The van der Waals surface area contributed by atoms with Crippen molar-refractivity contribution in [2.75, 3.05) is 13.1 Å². The molecule has 2 heterocycles. The standard InChI is InChI=1S/C15H24N2O2/c1-4-5-12-6-7-13(19-12)10-17-9-8-16-15(18)14(17)11(2)3/h6-7,11,14H,4-5,8-10H2,1-3H3,(H,16,18)/t14-/m1/s1. The van der Waals surface area contributed by atoms with Gasteiger partial charge in [0.2, 0.25) is 5.91 Å². The first-order valence-electron chi connectivity index (χ1n) is 7.21. The molecule has 2 rings (SSSR count). The Bertz CT molecular complexity index is 426. The molecule has 1 atom stereocenters. The van der Waals surface area contributed by atoms with Crippen LogP contribution in [0.2, 0.25) is 0 Å². The molecule has 1 aliphatic rings. The number of piperazine rings is 1. The zero-order valence-electron chi connectivity index (χ0n) is 12.1. The summed E-state index contributed by atoms with van der Waals surface area (Å²) in [6.07, 6.45) is 2.07. The molecule has 0 spiro atoms. The second kappa shape index (κ2) is 6.24. The summed E-state index contributed by atoms with van der Waals surface area (Å²) in [7, 11) is 0. The Balaban J connectivity index is 2.04. The molecular weight excluding hydrogens is 240 g/mol. The van der Waals surface area contributed by atoms with Gasteiger partial charge in [-0.15, -0.1) is 0 Å². The molecule has 1 aromatic rings. The summed E-state index contributed by atoms with van der Waals surface area (Å²) in [6, 6.07) is 4.04. The Morgan fingerprint density at radius 3 is 2.84 bits per heavy atom. The van der Waals surface area contributed by atoms with E-state index >= 15 is 0 Å². The van der Waals surface area contributed by atoms with Crippen molar-refractivity contribution in [3.8, 4) is 0 Å². The lowest BCUT2D eigenvalue weighted by molar-refractivity contribution is -0.131. The number of hydrogen-bond donors (Lipinski definition) is 1. The number of aryl methyl sites for hydroxylation is 1. The van der Waals surface area contributed by atoms with Crippen molar-refractivity contribution in [3.63, 3.8) is 0 Å². The van der Waals surface area contributed by atoms with E-state index in [2.05, 4.69) is 31.0 Å². The Morgan fingerprint density at radius 2 is 2.16 bits per heavy atom. The molecule has 0 unspecified atom stereocenters. The van der Waals surface area contributed by atoms with E-state index in [4.69, 9.17) is 4.42 Å². The zero-order chi connectivity index (χ0) is 13.8. The Labute approximate surface area is 115 Å². The predicted octanol–water partition coefficient (Wildman–Crippen LogP) is 2.19. The lowest BCUT2D eigenvalue weighted by atomic mass is 9.99. The van der Waals surface area contributed by atoms with Crippen LogP contribution in [0.5, 0.6) is 0 Å². The van der Waals surface area contributed by atoms with Crippen molar-refractivity contribution in [3.05, 3.63) is 23.7 Å². The average molecular weight is 264 g/mol. The SMILES string of the molecule is CCCc1ccc(CN2CCNC(=O)[C@H]2C(C)C)o1. The first kappa shape index (κ1) is 14.1. The van der Waals surface area contributed by atoms with Crippen LogP contribution in [-0.2, 0) is 17.8 Å². The van der Waals surface area contributed by atoms with Gasteiger partial charge >= 0.3 is 0 Å². The second-order valence-corrected chi connectivity index (χ2v) is 5.57. The molecule has 1 N–H and O–H groups in total. The molecule has 0 radical (unpaired) electrons. The number of furan rings is 1. The van der Waals surface area contributed by atoms with Gasteiger partial charge in [-0.25, -0.2) is 0 Å². The highest BCUT2D eigenvalue weighted by molar-refractivity contribution is 5.82. The van der Waals surface area contributed by atoms with Crippen LogP contribution in [0.3, 0.4) is 0 Å². The van der Waals surface area contributed by atoms with Crippen molar-refractivity contribution in [2.24, 2.45) is 5.92 Å². The van der Waals surface area contributed by atoms with E-state index < -0.39 is 0 Å². The first-order valence-corrected chi connectivity index (χ1v) is 7.21. The van der Waals surface area contributed by atoms with E-state index in [9.17, 15) is 4.79 Å². The van der Waals surface area contributed by atoms with Gasteiger partial charge in [-0.2, -0.15) is 0 Å². The molecule has 0 aliphatic carbocycles. The molecule has 1 amide bonds. The summed E-state index contributed by atoms with van der Waals surface area (Å²) in [4.78, 5) is 14.2. The van der Waals surface area contributed by atoms with E-state index in [0.717, 1.165) is 44.0 Å². The average Bonchev–Trinajstić information content (AvgIpc) is 2.76. The van der Waals surface area contributed by atoms with Crippen LogP contribution < -0.4 is 5.32 Å². The topological polar surface area (TPSA) is 45.5 Å². The third-order valence-corrected chi connectivity index (χ3v) is 3.56. The monoisotopic (exact) mass is 264 g/mol. The maximum Gasteiger partial charge on any atom is 0.237 e. The lowest BCUT2D eigenvalue weighted by Gasteiger charge is -2.36. The smallest absolute Gasteiger partial charge is 0.237 e. The van der Waals surface area contributed by atoms with Gasteiger partial charge in [-0.05, 0) is 24.5 Å². The number of nitrogens with one attached hydrogen (secondary N) is 1. The first-order chi connectivity index (χ1) is 9.11. The molecule has 1 aromatic heterocycles. The molecule has 1 fully saturated rings. The zero-order valence-corrected chi connectivity index (χ0v) is 12.1. The quantitative estimate of drug-likeness (QED) is 0.886. The van der Waals surface area contributed by atoms with E-state index in [1.54, 1.807) is 0 Å². The number of rotatable bonds is 5. The van der Waals surface area contributed by atoms with Crippen molar-refractivity contribution >= 4 is 5.91 Å². The minimum Gasteiger partial charge on any atom is -0.465 e. The summed E-state index contributed by atoms with van der Waals surface area (Å²) in [6.45, 7) is 8.66. The predicted molar refractivity (Wildman–Crippen MR) is 74.7 cm³/mol. The number of carbonyl (C=O) groups excluding carboxylic acids is 1. The van der Waals surface area contributed by atoms with Crippen LogP contribution in [0.15, 0.2) is 16.5 Å². The van der Waals surface area contributed by atoms with Crippen LogP contribution in [0.1, 0.15) is 38.7 Å². The van der Waals surface area contributed by atoms with E-state index in [1.807, 2.05) is 12.1 Å². The van der Waals surface area contributed by atoms with Crippen molar-refractivity contribution in [1.82, 2.24) is 10.2 Å². The van der Waals surface area contributed by atoms with Gasteiger partial charge in [0, 0.05) is 19.5 Å². The van der Waals surface area contributed by atoms with Gasteiger partial charge in [-0.3, -0.25) is 9.69 Å². The summed E-state index contributed by atoms with van der Waals surface area (Å²) >= 11 is 0. The van der Waals surface area contributed by atoms with Gasteiger partial charge < -0.3 is 9.73 Å². The number of hydrogen-bond acceptors (Lipinski definition) is 3. The number of carbonyl (C=O) groups is 1. The fraction of sp³-hybridized carbons (Fsp3) is 0.667. The molecule has 1 saturated heterocycles. The molecular formula is C15H24N2O2. The third-order valence-electron chi connectivity index (χ3n) is 3.56. The number of amides is 1. The van der Waals surface area contributed by atoms with Crippen LogP contribution in [-0.4, -0.2) is 29.9 Å². The summed E-state index contributed by atoms with van der Waals surface area (Å²) in [5, 5.41) is 2.94. The highest BCUT2D eigenvalue weighted by Gasteiger charge is 2.32. The highest BCUT2D eigenvalue weighted by Crippen LogP contribution is 2.19. The second-order valence-electron chi connectivity index (χ2n) is 5.57. The minimum absolute atomic E-state index is 0.0477. The van der Waals surface area contributed by atoms with Crippen LogP contribution in [0.4, 0.5) is 0 Å². The molecule has 1 aliphatic heterocycles. The third kappa shape index (κ3) is 3.38. The van der Waals surface area contributed by atoms with Gasteiger partial charge in [0.15, 0.2) is 0 Å². The molecule has 106 valence electrons. The van der Waals surface area contributed by atoms with Crippen LogP contribution in [0.25, 0.3) is 0 Å². The maximum absolute atomic E-state index is 12.0. The molecule has 19 heavy (non-hydrogen) atoms. The molecule has 0 bridgehead atoms. The Morgan fingerprint density at radius 1 is 1.42 bits per heavy atom. The minimum atomic E-state index is -0.0477. The number of nitrogens with zero attached hydrogens (tertiary/aromatic N) is 1. The van der Waals surface area contributed by atoms with Crippen molar-refractivity contribution in [1.29, 1.82) is 0 Å². The maximum atomic E-state index is 12.0. The van der Waals surface area contributed by atoms with E-state index in [1.165, 1.54) is 0 Å². The fourth-order valence-corrected chi connectivity index (χ4v) is 2.72. The van der Waals surface area contributed by atoms with Gasteiger partial charge in [0.25, 0.3) is 0 Å². The summed E-state index contributed by atoms with van der Waals surface area (Å²) in [5.74, 6) is 2.45. The van der Waals surface area contributed by atoms with Crippen LogP contribution in [0, 0.1) is 5.92 Å². The summed E-state index contributed by atoms with van der Waals surface area (Å²) < 4.78 is 5.82. The van der Waals surface area contributed by atoms with E-state index in [-0.39, 0.29) is 11.9 Å². The molecule has 4 nitrogen and oxygen atoms in total. The molecule has 0 aromatic carbocycles. The van der Waals surface area contributed by atoms with Gasteiger partial charge in [0.05, 0.1) is 12.6 Å². The fourth-order valence-electron chi connectivity index (χ4n) is 2.72.